The summed E-state index contributed by atoms with van der Waals surface area (Å²) in [5, 5.41) is 3.59. The maximum Gasteiger partial charge on any atom is 0.435 e. The van der Waals surface area contributed by atoms with Crippen LogP contribution in [0.2, 0.25) is 0 Å². The van der Waals surface area contributed by atoms with Gasteiger partial charge in [0.1, 0.15) is 5.82 Å². The summed E-state index contributed by atoms with van der Waals surface area (Å²) in [6.07, 6.45) is -2.50. The number of hydrogen-bond donors (Lipinski definition) is 0. The molecule has 4 nitrogen and oxygen atoms in total. The van der Waals surface area contributed by atoms with Crippen LogP contribution >= 0.6 is 0 Å². The lowest BCUT2D eigenvalue weighted by atomic mass is 10.1. The Morgan fingerprint density at radius 3 is 2.04 bits per heavy atom. The van der Waals surface area contributed by atoms with Gasteiger partial charge >= 0.3 is 6.18 Å². The Labute approximate surface area is 146 Å². The van der Waals surface area contributed by atoms with E-state index in [1.54, 1.807) is 0 Å². The van der Waals surface area contributed by atoms with Crippen LogP contribution in [-0.2, 0) is 16.0 Å². The fraction of sp³-hybridized carbons (Fsp3) is 0.118. The van der Waals surface area contributed by atoms with Crippen LogP contribution in [0.3, 0.4) is 0 Å². The zero-order valence-electron chi connectivity index (χ0n) is 13.3. The second-order valence-corrected chi connectivity index (χ2v) is 7.62. The highest BCUT2D eigenvalue weighted by Crippen LogP contribution is 2.36. The predicted molar refractivity (Wildman–Crippen MR) is 87.1 cm³/mol. The standard InChI is InChI=1S/C17H12F4N2O2S/c1-26(24,25)14-8-6-13(7-9-14)23-10-15(16(22-23)17(19,20)21)11-2-4-12(18)5-3-11/h2-10H,1H3. The molecular formula is C17H12F4N2O2S. The molecule has 0 N–H and O–H groups in total. The molecule has 136 valence electrons. The van der Waals surface area contributed by atoms with Crippen molar-refractivity contribution in [2.45, 2.75) is 11.1 Å². The predicted octanol–water partition coefficient (Wildman–Crippen LogP) is 4.10. The van der Waals surface area contributed by atoms with E-state index < -0.39 is 27.5 Å². The lowest BCUT2D eigenvalue weighted by molar-refractivity contribution is -0.140. The molecular weight excluding hydrogens is 372 g/mol. The van der Waals surface area contributed by atoms with E-state index in [1.807, 2.05) is 0 Å². The fourth-order valence-electron chi connectivity index (χ4n) is 2.40. The SMILES string of the molecule is CS(=O)(=O)c1ccc(-n2cc(-c3ccc(F)cc3)c(C(F)(F)F)n2)cc1. The van der Waals surface area contributed by atoms with Gasteiger partial charge in [-0.25, -0.2) is 17.5 Å². The van der Waals surface area contributed by atoms with Gasteiger partial charge in [0.25, 0.3) is 0 Å². The molecule has 0 atom stereocenters. The fourth-order valence-corrected chi connectivity index (χ4v) is 3.03. The van der Waals surface area contributed by atoms with E-state index in [4.69, 9.17) is 0 Å². The van der Waals surface area contributed by atoms with Crippen molar-refractivity contribution in [3.8, 4) is 16.8 Å². The van der Waals surface area contributed by atoms with Crippen molar-refractivity contribution >= 4 is 9.84 Å². The maximum absolute atomic E-state index is 13.3. The molecule has 26 heavy (non-hydrogen) atoms. The van der Waals surface area contributed by atoms with Crippen molar-refractivity contribution in [1.82, 2.24) is 9.78 Å². The monoisotopic (exact) mass is 384 g/mol. The van der Waals surface area contributed by atoms with Crippen molar-refractivity contribution in [3.05, 3.63) is 66.2 Å². The van der Waals surface area contributed by atoms with Crippen LogP contribution in [0.4, 0.5) is 17.6 Å². The molecule has 0 aliphatic carbocycles. The van der Waals surface area contributed by atoms with E-state index in [9.17, 15) is 26.0 Å². The Kier molecular flexibility index (Phi) is 4.35. The van der Waals surface area contributed by atoms with E-state index in [-0.39, 0.29) is 21.7 Å². The molecule has 0 fully saturated rings. The third-order valence-electron chi connectivity index (χ3n) is 3.67. The molecule has 0 spiro atoms. The zero-order chi connectivity index (χ0) is 19.1. The minimum Gasteiger partial charge on any atom is -0.240 e. The number of alkyl halides is 3. The van der Waals surface area contributed by atoms with Gasteiger partial charge in [-0.2, -0.15) is 18.3 Å². The van der Waals surface area contributed by atoms with Gasteiger partial charge in [0.2, 0.25) is 0 Å². The molecule has 0 saturated carbocycles. The van der Waals surface area contributed by atoms with Crippen molar-refractivity contribution in [2.75, 3.05) is 6.26 Å². The normalized spacial score (nSPS) is 12.3. The van der Waals surface area contributed by atoms with Crippen LogP contribution < -0.4 is 0 Å². The lowest BCUT2D eigenvalue weighted by Crippen LogP contribution is -2.08. The van der Waals surface area contributed by atoms with Crippen LogP contribution in [-0.4, -0.2) is 24.5 Å². The first-order valence-electron chi connectivity index (χ1n) is 7.29. The minimum atomic E-state index is -4.71. The highest BCUT2D eigenvalue weighted by atomic mass is 32.2. The summed E-state index contributed by atoms with van der Waals surface area (Å²) in [7, 11) is -3.42. The Morgan fingerprint density at radius 2 is 1.54 bits per heavy atom. The van der Waals surface area contributed by atoms with Crippen LogP contribution in [0.25, 0.3) is 16.8 Å². The van der Waals surface area contributed by atoms with Crippen LogP contribution in [0, 0.1) is 5.82 Å². The molecule has 0 aliphatic heterocycles. The maximum atomic E-state index is 13.3. The molecule has 0 amide bonds. The number of halogens is 4. The molecule has 0 saturated heterocycles. The van der Waals surface area contributed by atoms with Crippen molar-refractivity contribution in [2.24, 2.45) is 0 Å². The number of rotatable bonds is 3. The molecule has 0 radical (unpaired) electrons. The van der Waals surface area contributed by atoms with Gasteiger partial charge in [0.15, 0.2) is 15.5 Å². The second kappa shape index (κ2) is 6.24. The van der Waals surface area contributed by atoms with Crippen molar-refractivity contribution in [1.29, 1.82) is 0 Å². The van der Waals surface area contributed by atoms with Crippen LogP contribution in [0.1, 0.15) is 5.69 Å². The van der Waals surface area contributed by atoms with Gasteiger partial charge in [0.05, 0.1) is 10.6 Å². The van der Waals surface area contributed by atoms with Crippen LogP contribution in [0.15, 0.2) is 59.6 Å². The molecule has 1 aromatic heterocycles. The van der Waals surface area contributed by atoms with E-state index in [2.05, 4.69) is 5.10 Å². The Hall–Kier alpha value is -2.68. The second-order valence-electron chi connectivity index (χ2n) is 5.61. The quantitative estimate of drug-likeness (QED) is 0.639. The largest absolute Gasteiger partial charge is 0.435 e. The van der Waals surface area contributed by atoms with Gasteiger partial charge < -0.3 is 0 Å². The first-order chi connectivity index (χ1) is 12.1. The van der Waals surface area contributed by atoms with E-state index >= 15 is 0 Å². The van der Waals surface area contributed by atoms with Gasteiger partial charge in [-0.3, -0.25) is 0 Å². The summed E-state index contributed by atoms with van der Waals surface area (Å²) in [4.78, 5) is 0.0446. The topological polar surface area (TPSA) is 52.0 Å². The van der Waals surface area contributed by atoms with E-state index in [1.165, 1.54) is 42.6 Å². The van der Waals surface area contributed by atoms with Gasteiger partial charge in [-0.05, 0) is 42.0 Å². The van der Waals surface area contributed by atoms with Gasteiger partial charge in [0, 0.05) is 18.0 Å². The summed E-state index contributed by atoms with van der Waals surface area (Å²) in [5.74, 6) is -0.564. The molecule has 0 bridgehead atoms. The first-order valence-corrected chi connectivity index (χ1v) is 9.18. The van der Waals surface area contributed by atoms with Crippen molar-refractivity contribution in [3.63, 3.8) is 0 Å². The first kappa shape index (κ1) is 18.1. The average molecular weight is 384 g/mol. The van der Waals surface area contributed by atoms with Crippen molar-refractivity contribution < 1.29 is 26.0 Å². The molecule has 2 aromatic carbocycles. The van der Waals surface area contributed by atoms with Gasteiger partial charge in [-0.15, -0.1) is 0 Å². The highest BCUT2D eigenvalue weighted by molar-refractivity contribution is 7.90. The molecule has 3 rings (SSSR count). The molecule has 9 heteroatoms. The molecule has 3 aromatic rings. The summed E-state index contributed by atoms with van der Waals surface area (Å²) < 4.78 is 77.0. The molecule has 1 heterocycles. The Bertz CT molecular complexity index is 1040. The number of hydrogen-bond acceptors (Lipinski definition) is 3. The number of benzene rings is 2. The summed E-state index contributed by atoms with van der Waals surface area (Å²) >= 11 is 0. The van der Waals surface area contributed by atoms with Crippen LogP contribution in [0.5, 0.6) is 0 Å². The summed E-state index contributed by atoms with van der Waals surface area (Å²) in [6, 6.07) is 9.89. The lowest BCUT2D eigenvalue weighted by Gasteiger charge is -2.06. The Morgan fingerprint density at radius 1 is 0.962 bits per heavy atom. The smallest absolute Gasteiger partial charge is 0.240 e. The van der Waals surface area contributed by atoms with Gasteiger partial charge in [-0.1, -0.05) is 12.1 Å². The van der Waals surface area contributed by atoms with E-state index in [0.717, 1.165) is 23.1 Å². The number of nitrogens with zero attached hydrogens (tertiary/aromatic N) is 2. The zero-order valence-corrected chi connectivity index (χ0v) is 14.1. The Balaban J connectivity index is 2.11. The molecule has 0 unspecified atom stereocenters. The third-order valence-corrected chi connectivity index (χ3v) is 4.80. The number of aromatic nitrogens is 2. The third kappa shape index (κ3) is 3.62. The average Bonchev–Trinajstić information content (AvgIpc) is 3.00. The molecule has 0 aliphatic rings. The summed E-state index contributed by atoms with van der Waals surface area (Å²) in [6.45, 7) is 0. The minimum absolute atomic E-state index is 0.0446. The summed E-state index contributed by atoms with van der Waals surface area (Å²) in [5.41, 5.74) is -0.894. The number of sulfone groups is 1. The van der Waals surface area contributed by atoms with E-state index in [0.29, 0.717) is 0 Å². The highest BCUT2D eigenvalue weighted by Gasteiger charge is 2.37.